The first-order valence-corrected chi connectivity index (χ1v) is 9.91. The van der Waals surface area contributed by atoms with Crippen LogP contribution in [0.25, 0.3) is 0 Å². The second kappa shape index (κ2) is 7.99. The van der Waals surface area contributed by atoms with Crippen LogP contribution in [0, 0.1) is 5.92 Å². The molecule has 0 radical (unpaired) electrons. The van der Waals surface area contributed by atoms with Crippen LogP contribution < -0.4 is 5.32 Å². The number of carbonyl (C=O) groups is 2. The number of hydrogen-bond donors (Lipinski definition) is 1. The minimum atomic E-state index is -0.141. The normalized spacial score (nSPS) is 19.6. The molecular weight excluding hydrogens is 340 g/mol. The van der Waals surface area contributed by atoms with Gasteiger partial charge in [-0.25, -0.2) is 0 Å². The number of hydrogen-bond acceptors (Lipinski definition) is 3. The molecule has 2 aromatic rings. The Morgan fingerprint density at radius 1 is 1.15 bits per heavy atom. The molecule has 4 rings (SSSR count). The van der Waals surface area contributed by atoms with Gasteiger partial charge in [0.1, 0.15) is 5.76 Å². The van der Waals surface area contributed by atoms with Gasteiger partial charge >= 0.3 is 0 Å². The van der Waals surface area contributed by atoms with E-state index in [2.05, 4.69) is 5.32 Å². The average molecular weight is 366 g/mol. The fourth-order valence-corrected chi connectivity index (χ4v) is 4.29. The summed E-state index contributed by atoms with van der Waals surface area (Å²) in [7, 11) is 0. The van der Waals surface area contributed by atoms with Gasteiger partial charge in [-0.2, -0.15) is 0 Å². The van der Waals surface area contributed by atoms with Crippen molar-refractivity contribution in [2.45, 2.75) is 57.5 Å². The fraction of sp³-hybridized carbons (Fsp3) is 0.455. The maximum Gasteiger partial charge on any atom is 0.227 e. The van der Waals surface area contributed by atoms with E-state index in [1.165, 1.54) is 12.8 Å². The second-order valence-electron chi connectivity index (χ2n) is 7.63. The van der Waals surface area contributed by atoms with Gasteiger partial charge in [-0.15, -0.1) is 0 Å². The highest BCUT2D eigenvalue weighted by molar-refractivity contribution is 5.96. The number of anilines is 1. The van der Waals surface area contributed by atoms with Crippen LogP contribution >= 0.6 is 0 Å². The zero-order chi connectivity index (χ0) is 18.6. The molecule has 0 saturated heterocycles. The molecule has 1 aliphatic carbocycles. The highest BCUT2D eigenvalue weighted by Crippen LogP contribution is 2.29. The second-order valence-corrected chi connectivity index (χ2v) is 7.63. The van der Waals surface area contributed by atoms with Crippen molar-refractivity contribution in [3.05, 3.63) is 54.0 Å². The number of benzene rings is 1. The van der Waals surface area contributed by atoms with Crippen LogP contribution in [0.1, 0.15) is 49.8 Å². The molecule has 0 bridgehead atoms. The molecule has 1 aromatic heterocycles. The van der Waals surface area contributed by atoms with Crippen molar-refractivity contribution >= 4 is 17.5 Å². The van der Waals surface area contributed by atoms with E-state index >= 15 is 0 Å². The molecule has 1 saturated carbocycles. The number of amides is 2. The van der Waals surface area contributed by atoms with Crippen LogP contribution in [0.15, 0.2) is 47.1 Å². The zero-order valence-electron chi connectivity index (χ0n) is 15.5. The first-order valence-electron chi connectivity index (χ1n) is 9.91. The van der Waals surface area contributed by atoms with E-state index in [9.17, 15) is 9.59 Å². The van der Waals surface area contributed by atoms with E-state index in [1.54, 1.807) is 6.26 Å². The zero-order valence-corrected chi connectivity index (χ0v) is 15.5. The van der Waals surface area contributed by atoms with Gasteiger partial charge in [0, 0.05) is 24.1 Å². The standard InChI is InChI=1S/C22H26N2O3/c25-21(24(18-7-2-3-8-18)15-19-9-5-13-27-19)12-11-17-14-16-6-1-4-10-20(16)23-22(17)26/h1,4-6,9-10,13,17-18H,2-3,7-8,11-12,14-15H2,(H,23,26). The van der Waals surface area contributed by atoms with E-state index in [1.807, 2.05) is 41.3 Å². The molecule has 2 amide bonds. The van der Waals surface area contributed by atoms with Crippen LogP contribution in [0.4, 0.5) is 5.69 Å². The van der Waals surface area contributed by atoms with E-state index < -0.39 is 0 Å². The highest BCUT2D eigenvalue weighted by Gasteiger charge is 2.30. The summed E-state index contributed by atoms with van der Waals surface area (Å²) in [6, 6.07) is 12.0. The van der Waals surface area contributed by atoms with Crippen molar-refractivity contribution in [3.8, 4) is 0 Å². The molecule has 1 aliphatic heterocycles. The Kier molecular flexibility index (Phi) is 5.28. The Morgan fingerprint density at radius 2 is 1.96 bits per heavy atom. The molecule has 1 fully saturated rings. The van der Waals surface area contributed by atoms with Crippen LogP contribution in [0.3, 0.4) is 0 Å². The Labute approximate surface area is 159 Å². The quantitative estimate of drug-likeness (QED) is 0.836. The Bertz CT molecular complexity index is 794. The third-order valence-corrected chi connectivity index (χ3v) is 5.81. The van der Waals surface area contributed by atoms with E-state index in [4.69, 9.17) is 4.42 Å². The molecular formula is C22H26N2O3. The van der Waals surface area contributed by atoms with E-state index in [0.29, 0.717) is 31.8 Å². The lowest BCUT2D eigenvalue weighted by atomic mass is 9.89. The summed E-state index contributed by atoms with van der Waals surface area (Å²) < 4.78 is 5.47. The fourth-order valence-electron chi connectivity index (χ4n) is 4.29. The minimum Gasteiger partial charge on any atom is -0.467 e. The Balaban J connectivity index is 1.40. The summed E-state index contributed by atoms with van der Waals surface area (Å²) in [6.07, 6.45) is 7.81. The lowest BCUT2D eigenvalue weighted by Crippen LogP contribution is -2.39. The van der Waals surface area contributed by atoms with Crippen LogP contribution in [0.2, 0.25) is 0 Å². The van der Waals surface area contributed by atoms with Crippen molar-refractivity contribution in [3.63, 3.8) is 0 Å². The molecule has 2 heterocycles. The van der Waals surface area contributed by atoms with Crippen molar-refractivity contribution in [1.82, 2.24) is 4.90 Å². The molecule has 5 nitrogen and oxygen atoms in total. The predicted molar refractivity (Wildman–Crippen MR) is 103 cm³/mol. The maximum absolute atomic E-state index is 13.0. The van der Waals surface area contributed by atoms with Gasteiger partial charge in [0.05, 0.1) is 12.8 Å². The summed E-state index contributed by atoms with van der Waals surface area (Å²) in [6.45, 7) is 0.524. The molecule has 2 aliphatic rings. The van der Waals surface area contributed by atoms with Gasteiger partial charge in [-0.1, -0.05) is 31.0 Å². The topological polar surface area (TPSA) is 62.6 Å². The maximum atomic E-state index is 13.0. The van der Waals surface area contributed by atoms with E-state index in [-0.39, 0.29) is 17.7 Å². The van der Waals surface area contributed by atoms with Crippen molar-refractivity contribution in [1.29, 1.82) is 0 Å². The summed E-state index contributed by atoms with van der Waals surface area (Å²) >= 11 is 0. The number of furan rings is 1. The third-order valence-electron chi connectivity index (χ3n) is 5.81. The molecule has 1 N–H and O–H groups in total. The van der Waals surface area contributed by atoms with Gasteiger partial charge in [-0.05, 0) is 49.4 Å². The van der Waals surface area contributed by atoms with Crippen LogP contribution in [-0.4, -0.2) is 22.8 Å². The number of nitrogens with one attached hydrogen (secondary N) is 1. The molecule has 142 valence electrons. The lowest BCUT2D eigenvalue weighted by molar-refractivity contribution is -0.135. The van der Waals surface area contributed by atoms with Crippen molar-refractivity contribution < 1.29 is 14.0 Å². The smallest absolute Gasteiger partial charge is 0.227 e. The van der Waals surface area contributed by atoms with Gasteiger partial charge < -0.3 is 14.6 Å². The first kappa shape index (κ1) is 17.8. The SMILES string of the molecule is O=C1Nc2ccccc2CC1CCC(=O)N(Cc1ccco1)C1CCCC1. The molecule has 1 aromatic carbocycles. The van der Waals surface area contributed by atoms with Crippen molar-refractivity contribution in [2.75, 3.05) is 5.32 Å². The molecule has 5 heteroatoms. The average Bonchev–Trinajstić information content (AvgIpc) is 3.38. The summed E-state index contributed by atoms with van der Waals surface area (Å²) in [4.78, 5) is 27.4. The lowest BCUT2D eigenvalue weighted by Gasteiger charge is -2.29. The monoisotopic (exact) mass is 366 g/mol. The number of nitrogens with zero attached hydrogens (tertiary/aromatic N) is 1. The number of fused-ring (bicyclic) bond motifs is 1. The van der Waals surface area contributed by atoms with Gasteiger partial charge in [0.15, 0.2) is 0 Å². The Morgan fingerprint density at radius 3 is 2.74 bits per heavy atom. The molecule has 1 atom stereocenters. The largest absolute Gasteiger partial charge is 0.467 e. The van der Waals surface area contributed by atoms with Crippen molar-refractivity contribution in [2.24, 2.45) is 5.92 Å². The summed E-state index contributed by atoms with van der Waals surface area (Å²) in [5.74, 6) is 0.836. The van der Waals surface area contributed by atoms with Crippen LogP contribution in [0.5, 0.6) is 0 Å². The summed E-state index contributed by atoms with van der Waals surface area (Å²) in [5, 5.41) is 2.98. The molecule has 27 heavy (non-hydrogen) atoms. The predicted octanol–water partition coefficient (Wildman–Crippen LogP) is 4.14. The van der Waals surface area contributed by atoms with Crippen LogP contribution in [-0.2, 0) is 22.6 Å². The van der Waals surface area contributed by atoms with Gasteiger partial charge in [0.2, 0.25) is 11.8 Å². The number of para-hydroxylation sites is 1. The molecule has 0 spiro atoms. The third kappa shape index (κ3) is 4.07. The first-order chi connectivity index (χ1) is 13.2. The number of carbonyl (C=O) groups excluding carboxylic acids is 2. The molecule has 1 unspecified atom stereocenters. The van der Waals surface area contributed by atoms with E-state index in [0.717, 1.165) is 29.9 Å². The minimum absolute atomic E-state index is 0.0277. The highest BCUT2D eigenvalue weighted by atomic mass is 16.3. The van der Waals surface area contributed by atoms with Gasteiger partial charge in [-0.3, -0.25) is 9.59 Å². The summed E-state index contributed by atoms with van der Waals surface area (Å²) in [5.41, 5.74) is 2.05. The number of rotatable bonds is 6. The van der Waals surface area contributed by atoms with Gasteiger partial charge in [0.25, 0.3) is 0 Å². The Hall–Kier alpha value is -2.56.